The number of rotatable bonds is 3. The van der Waals surface area contributed by atoms with Gasteiger partial charge < -0.3 is 5.32 Å². The molecule has 19 heavy (non-hydrogen) atoms. The topological polar surface area (TPSA) is 12.0 Å². The average molecular weight is 261 g/mol. The number of benzene rings is 2. The molecule has 0 saturated carbocycles. The van der Waals surface area contributed by atoms with E-state index >= 15 is 0 Å². The highest BCUT2D eigenvalue weighted by Crippen LogP contribution is 2.28. The van der Waals surface area contributed by atoms with E-state index in [-0.39, 0.29) is 6.04 Å². The molecule has 1 nitrogen and oxygen atoms in total. The molecule has 0 bridgehead atoms. The van der Waals surface area contributed by atoms with Crippen molar-refractivity contribution in [2.45, 2.75) is 19.9 Å². The van der Waals surface area contributed by atoms with Crippen LogP contribution in [0.5, 0.6) is 0 Å². The van der Waals surface area contributed by atoms with Gasteiger partial charge in [0.2, 0.25) is 0 Å². The van der Waals surface area contributed by atoms with E-state index in [9.17, 15) is 8.78 Å². The second kappa shape index (κ2) is 5.49. The molecule has 2 aromatic carbocycles. The monoisotopic (exact) mass is 261 g/mol. The van der Waals surface area contributed by atoms with Crippen LogP contribution in [0.1, 0.15) is 24.1 Å². The predicted octanol–water partition coefficient (Wildman–Crippen LogP) is 4.22. The van der Waals surface area contributed by atoms with Crippen LogP contribution in [0.4, 0.5) is 8.78 Å². The highest BCUT2D eigenvalue weighted by molar-refractivity contribution is 5.65. The van der Waals surface area contributed by atoms with Gasteiger partial charge in [-0.1, -0.05) is 30.3 Å². The molecule has 1 N–H and O–H groups in total. The van der Waals surface area contributed by atoms with Crippen LogP contribution in [0.25, 0.3) is 11.1 Å². The van der Waals surface area contributed by atoms with Crippen LogP contribution in [0.3, 0.4) is 0 Å². The van der Waals surface area contributed by atoms with Gasteiger partial charge >= 0.3 is 0 Å². The van der Waals surface area contributed by atoms with Gasteiger partial charge in [0.1, 0.15) is 0 Å². The lowest BCUT2D eigenvalue weighted by atomic mass is 9.98. The number of nitrogens with one attached hydrogen (secondary N) is 1. The highest BCUT2D eigenvalue weighted by Gasteiger charge is 2.13. The first-order valence-corrected chi connectivity index (χ1v) is 6.26. The molecule has 0 amide bonds. The zero-order valence-electron chi connectivity index (χ0n) is 11.3. The Labute approximate surface area is 112 Å². The zero-order chi connectivity index (χ0) is 14.0. The van der Waals surface area contributed by atoms with E-state index in [0.717, 1.165) is 5.56 Å². The third-order valence-electron chi connectivity index (χ3n) is 3.41. The van der Waals surface area contributed by atoms with Gasteiger partial charge in [0.05, 0.1) is 0 Å². The molecule has 0 aliphatic carbocycles. The largest absolute Gasteiger partial charge is 0.313 e. The molecular weight excluding hydrogens is 244 g/mol. The van der Waals surface area contributed by atoms with Crippen molar-refractivity contribution >= 4 is 0 Å². The zero-order valence-corrected chi connectivity index (χ0v) is 11.3. The molecule has 2 aromatic rings. The summed E-state index contributed by atoms with van der Waals surface area (Å²) in [5, 5.41) is 3.13. The summed E-state index contributed by atoms with van der Waals surface area (Å²) in [5.41, 5.74) is 2.35. The fourth-order valence-electron chi connectivity index (χ4n) is 2.01. The highest BCUT2D eigenvalue weighted by atomic mass is 19.2. The molecule has 0 fully saturated rings. The first-order valence-electron chi connectivity index (χ1n) is 6.26. The molecule has 0 heterocycles. The molecule has 0 aliphatic rings. The van der Waals surface area contributed by atoms with E-state index in [4.69, 9.17) is 0 Å². The summed E-state index contributed by atoms with van der Waals surface area (Å²) in [7, 11) is 1.86. The molecule has 1 unspecified atom stereocenters. The summed E-state index contributed by atoms with van der Waals surface area (Å²) in [5.74, 6) is -1.56. The van der Waals surface area contributed by atoms with Gasteiger partial charge in [-0.2, -0.15) is 0 Å². The van der Waals surface area contributed by atoms with Crippen LogP contribution in [0, 0.1) is 18.6 Å². The summed E-state index contributed by atoms with van der Waals surface area (Å²) in [6, 6.07) is 10.9. The van der Waals surface area contributed by atoms with Crippen molar-refractivity contribution < 1.29 is 8.78 Å². The number of halogens is 2. The summed E-state index contributed by atoms with van der Waals surface area (Å²) in [6.07, 6.45) is 0. The molecule has 0 aliphatic heterocycles. The average Bonchev–Trinajstić information content (AvgIpc) is 2.44. The van der Waals surface area contributed by atoms with Crippen molar-refractivity contribution in [1.29, 1.82) is 0 Å². The number of aryl methyl sites for hydroxylation is 1. The van der Waals surface area contributed by atoms with Crippen LogP contribution in [-0.4, -0.2) is 7.05 Å². The minimum atomic E-state index is -0.783. The molecule has 0 aromatic heterocycles. The van der Waals surface area contributed by atoms with Crippen LogP contribution in [0.15, 0.2) is 36.4 Å². The fourth-order valence-corrected chi connectivity index (χ4v) is 2.01. The van der Waals surface area contributed by atoms with E-state index in [1.54, 1.807) is 25.1 Å². The van der Waals surface area contributed by atoms with Gasteiger partial charge in [0.15, 0.2) is 11.6 Å². The molecule has 1 atom stereocenters. The van der Waals surface area contributed by atoms with E-state index in [1.807, 2.05) is 32.2 Å². The van der Waals surface area contributed by atoms with E-state index in [0.29, 0.717) is 16.7 Å². The third kappa shape index (κ3) is 2.66. The maximum Gasteiger partial charge on any atom is 0.166 e. The SMILES string of the molecule is CNC(C)c1cccc(-c2ccc(C)c(F)c2F)c1. The fraction of sp³-hybridized carbons (Fsp3) is 0.250. The lowest BCUT2D eigenvalue weighted by Crippen LogP contribution is -2.12. The van der Waals surface area contributed by atoms with Gasteiger partial charge in [-0.3, -0.25) is 0 Å². The Balaban J connectivity index is 2.51. The molecular formula is C16H17F2N. The third-order valence-corrected chi connectivity index (χ3v) is 3.41. The minimum absolute atomic E-state index is 0.165. The van der Waals surface area contributed by atoms with Crippen molar-refractivity contribution in [3.63, 3.8) is 0 Å². The lowest BCUT2D eigenvalue weighted by molar-refractivity contribution is 0.505. The first kappa shape index (κ1) is 13.7. The quantitative estimate of drug-likeness (QED) is 0.872. The Morgan fingerprint density at radius 1 is 1.05 bits per heavy atom. The maximum atomic E-state index is 14.0. The van der Waals surface area contributed by atoms with E-state index in [1.165, 1.54) is 0 Å². The normalized spacial score (nSPS) is 12.5. The van der Waals surface area contributed by atoms with Crippen molar-refractivity contribution in [1.82, 2.24) is 5.32 Å². The standard InChI is InChI=1S/C16H17F2N/c1-10-7-8-14(16(18)15(10)17)13-6-4-5-12(9-13)11(2)19-3/h4-9,11,19H,1-3H3. The first-order chi connectivity index (χ1) is 9.04. The molecule has 2 rings (SSSR count). The van der Waals surface area contributed by atoms with E-state index in [2.05, 4.69) is 5.32 Å². The number of hydrogen-bond acceptors (Lipinski definition) is 1. The molecule has 3 heteroatoms. The Hall–Kier alpha value is -1.74. The van der Waals surface area contributed by atoms with Crippen molar-refractivity contribution in [2.75, 3.05) is 7.05 Å². The predicted molar refractivity (Wildman–Crippen MR) is 74.0 cm³/mol. The summed E-state index contributed by atoms with van der Waals surface area (Å²) < 4.78 is 27.6. The van der Waals surface area contributed by atoms with Crippen molar-refractivity contribution in [2.24, 2.45) is 0 Å². The van der Waals surface area contributed by atoms with Gasteiger partial charge in [0.25, 0.3) is 0 Å². The molecule has 0 saturated heterocycles. The Morgan fingerprint density at radius 3 is 2.47 bits per heavy atom. The summed E-state index contributed by atoms with van der Waals surface area (Å²) >= 11 is 0. The molecule has 0 radical (unpaired) electrons. The van der Waals surface area contributed by atoms with Crippen LogP contribution >= 0.6 is 0 Å². The molecule has 0 spiro atoms. The Morgan fingerprint density at radius 2 is 1.79 bits per heavy atom. The van der Waals surface area contributed by atoms with Crippen molar-refractivity contribution in [3.8, 4) is 11.1 Å². The van der Waals surface area contributed by atoms with E-state index < -0.39 is 11.6 Å². The van der Waals surface area contributed by atoms with Gasteiger partial charge in [-0.05, 0) is 43.7 Å². The van der Waals surface area contributed by atoms with Crippen LogP contribution in [0.2, 0.25) is 0 Å². The smallest absolute Gasteiger partial charge is 0.166 e. The van der Waals surface area contributed by atoms with Gasteiger partial charge in [-0.15, -0.1) is 0 Å². The second-order valence-corrected chi connectivity index (χ2v) is 4.69. The van der Waals surface area contributed by atoms with Crippen LogP contribution < -0.4 is 5.32 Å². The molecule has 100 valence electrons. The summed E-state index contributed by atoms with van der Waals surface area (Å²) in [4.78, 5) is 0. The van der Waals surface area contributed by atoms with Gasteiger partial charge in [-0.25, -0.2) is 8.78 Å². The van der Waals surface area contributed by atoms with Gasteiger partial charge in [0, 0.05) is 11.6 Å². The second-order valence-electron chi connectivity index (χ2n) is 4.69. The maximum absolute atomic E-state index is 14.0. The Bertz CT molecular complexity index is 593. The summed E-state index contributed by atoms with van der Waals surface area (Å²) in [6.45, 7) is 3.58. The Kier molecular flexibility index (Phi) is 3.96. The van der Waals surface area contributed by atoms with Crippen molar-refractivity contribution in [3.05, 3.63) is 59.2 Å². The number of hydrogen-bond donors (Lipinski definition) is 1. The van der Waals surface area contributed by atoms with Crippen LogP contribution in [-0.2, 0) is 0 Å². The lowest BCUT2D eigenvalue weighted by Gasteiger charge is -2.13. The minimum Gasteiger partial charge on any atom is -0.313 e.